The minimum atomic E-state index is -1.17. The lowest BCUT2D eigenvalue weighted by molar-refractivity contribution is 0.00578. The molecule has 0 radical (unpaired) electrons. The average Bonchev–Trinajstić information content (AvgIpc) is 2.48. The van der Waals surface area contributed by atoms with Crippen molar-refractivity contribution in [3.8, 4) is 0 Å². The molecule has 7 heteroatoms. The molecule has 1 saturated heterocycles. The van der Waals surface area contributed by atoms with Crippen LogP contribution in [-0.2, 0) is 20.1 Å². The van der Waals surface area contributed by atoms with Crippen LogP contribution < -0.4 is 5.46 Å². The van der Waals surface area contributed by atoms with Gasteiger partial charge >= 0.3 is 7.12 Å². The van der Waals surface area contributed by atoms with E-state index in [0.29, 0.717) is 5.16 Å². The van der Waals surface area contributed by atoms with Gasteiger partial charge in [-0.25, -0.2) is 9.97 Å². The van der Waals surface area contributed by atoms with Crippen molar-refractivity contribution in [2.24, 2.45) is 0 Å². The zero-order chi connectivity index (χ0) is 13.6. The van der Waals surface area contributed by atoms with E-state index < -0.39 is 17.9 Å². The Morgan fingerprint density at radius 3 is 1.94 bits per heavy atom. The van der Waals surface area contributed by atoms with Crippen LogP contribution in [0.15, 0.2) is 17.6 Å². The van der Waals surface area contributed by atoms with Crippen molar-refractivity contribution in [2.75, 3.05) is 6.26 Å². The van der Waals surface area contributed by atoms with Crippen molar-refractivity contribution < 1.29 is 13.5 Å². The molecule has 0 spiro atoms. The van der Waals surface area contributed by atoms with Gasteiger partial charge in [0.05, 0.1) is 22.0 Å². The summed E-state index contributed by atoms with van der Waals surface area (Å²) >= 11 is 0. The van der Waals surface area contributed by atoms with Gasteiger partial charge in [0.15, 0.2) is 0 Å². The van der Waals surface area contributed by atoms with E-state index in [9.17, 15) is 4.21 Å². The highest BCUT2D eigenvalue weighted by molar-refractivity contribution is 7.84. The normalized spacial score (nSPS) is 23.1. The molecule has 1 aromatic heterocycles. The van der Waals surface area contributed by atoms with Crippen LogP contribution in [0.5, 0.6) is 0 Å². The first kappa shape index (κ1) is 13.6. The van der Waals surface area contributed by atoms with Gasteiger partial charge in [-0.05, 0) is 27.7 Å². The number of hydrogen-bond acceptors (Lipinski definition) is 5. The lowest BCUT2D eigenvalue weighted by atomic mass is 9.81. The fourth-order valence-corrected chi connectivity index (χ4v) is 1.98. The summed E-state index contributed by atoms with van der Waals surface area (Å²) in [7, 11) is -1.65. The molecule has 18 heavy (non-hydrogen) atoms. The molecular weight excluding hydrogens is 251 g/mol. The molecule has 98 valence electrons. The highest BCUT2D eigenvalue weighted by Crippen LogP contribution is 2.36. The predicted molar refractivity (Wildman–Crippen MR) is 70.1 cm³/mol. The Balaban J connectivity index is 2.22. The number of nitrogens with zero attached hydrogens (tertiary/aromatic N) is 2. The second kappa shape index (κ2) is 4.40. The zero-order valence-electron chi connectivity index (χ0n) is 11.3. The van der Waals surface area contributed by atoms with E-state index in [4.69, 9.17) is 9.31 Å². The van der Waals surface area contributed by atoms with Crippen molar-refractivity contribution in [2.45, 2.75) is 44.1 Å². The smallest absolute Gasteiger partial charge is 0.399 e. The Labute approximate surface area is 110 Å². The van der Waals surface area contributed by atoms with Gasteiger partial charge in [-0.3, -0.25) is 4.21 Å². The third-order valence-corrected chi connectivity index (χ3v) is 4.16. The summed E-state index contributed by atoms with van der Waals surface area (Å²) in [4.78, 5) is 8.09. The molecule has 2 heterocycles. The Bertz CT molecular complexity index is 460. The molecule has 0 unspecified atom stereocenters. The molecule has 0 aromatic carbocycles. The summed E-state index contributed by atoms with van der Waals surface area (Å²) in [5.74, 6) is 0. The van der Waals surface area contributed by atoms with Crippen LogP contribution in [-0.4, -0.2) is 38.8 Å². The quantitative estimate of drug-likeness (QED) is 0.578. The van der Waals surface area contributed by atoms with Crippen LogP contribution in [0.2, 0.25) is 0 Å². The lowest BCUT2D eigenvalue weighted by Crippen LogP contribution is -2.41. The van der Waals surface area contributed by atoms with E-state index in [1.807, 2.05) is 27.7 Å². The average molecular weight is 268 g/mol. The molecule has 1 aliphatic rings. The zero-order valence-corrected chi connectivity index (χ0v) is 12.1. The first-order chi connectivity index (χ1) is 8.23. The van der Waals surface area contributed by atoms with Crippen LogP contribution >= 0.6 is 0 Å². The van der Waals surface area contributed by atoms with E-state index in [0.717, 1.165) is 5.46 Å². The molecule has 2 rings (SSSR count). The van der Waals surface area contributed by atoms with Gasteiger partial charge < -0.3 is 9.31 Å². The van der Waals surface area contributed by atoms with Gasteiger partial charge in [0.2, 0.25) is 5.16 Å². The summed E-state index contributed by atoms with van der Waals surface area (Å²) in [5, 5.41) is 0.315. The summed E-state index contributed by atoms with van der Waals surface area (Å²) in [6, 6.07) is 0. The molecule has 5 nitrogen and oxygen atoms in total. The summed E-state index contributed by atoms with van der Waals surface area (Å²) in [5.41, 5.74) is -0.0313. The maximum atomic E-state index is 11.2. The minimum Gasteiger partial charge on any atom is -0.399 e. The molecule has 1 aromatic rings. The van der Waals surface area contributed by atoms with E-state index in [1.165, 1.54) is 0 Å². The van der Waals surface area contributed by atoms with E-state index in [2.05, 4.69) is 9.97 Å². The monoisotopic (exact) mass is 268 g/mol. The van der Waals surface area contributed by atoms with Gasteiger partial charge in [-0.1, -0.05) is 0 Å². The topological polar surface area (TPSA) is 61.3 Å². The molecule has 1 aliphatic heterocycles. The third-order valence-electron chi connectivity index (χ3n) is 3.43. The van der Waals surface area contributed by atoms with Gasteiger partial charge in [0, 0.05) is 24.1 Å². The van der Waals surface area contributed by atoms with Crippen molar-refractivity contribution in [1.29, 1.82) is 0 Å². The van der Waals surface area contributed by atoms with Gasteiger partial charge in [-0.15, -0.1) is 0 Å². The fourth-order valence-electron chi connectivity index (χ4n) is 1.58. The summed E-state index contributed by atoms with van der Waals surface area (Å²) < 4.78 is 23.0. The van der Waals surface area contributed by atoms with Crippen molar-refractivity contribution in [3.63, 3.8) is 0 Å². The Morgan fingerprint density at radius 2 is 1.56 bits per heavy atom. The first-order valence-corrected chi connectivity index (χ1v) is 7.30. The van der Waals surface area contributed by atoms with Crippen LogP contribution in [0, 0.1) is 0 Å². The third kappa shape index (κ3) is 2.34. The molecule has 0 aliphatic carbocycles. The molecule has 1 atom stereocenters. The Hall–Kier alpha value is -0.785. The van der Waals surface area contributed by atoms with Crippen LogP contribution in [0.1, 0.15) is 27.7 Å². The fraction of sp³-hybridized carbons (Fsp3) is 0.636. The van der Waals surface area contributed by atoms with E-state index in [-0.39, 0.29) is 11.2 Å². The number of hydrogen-bond donors (Lipinski definition) is 0. The van der Waals surface area contributed by atoms with Gasteiger partial charge in [-0.2, -0.15) is 0 Å². The van der Waals surface area contributed by atoms with Crippen LogP contribution in [0.3, 0.4) is 0 Å². The number of rotatable bonds is 2. The van der Waals surface area contributed by atoms with Crippen LogP contribution in [0.4, 0.5) is 0 Å². The molecule has 0 saturated carbocycles. The van der Waals surface area contributed by atoms with E-state index in [1.54, 1.807) is 18.6 Å². The van der Waals surface area contributed by atoms with Crippen molar-refractivity contribution in [3.05, 3.63) is 12.4 Å². The Morgan fingerprint density at radius 1 is 1.11 bits per heavy atom. The molecular formula is C11H17BN2O3S. The lowest BCUT2D eigenvalue weighted by Gasteiger charge is -2.32. The summed E-state index contributed by atoms with van der Waals surface area (Å²) in [6.45, 7) is 7.96. The largest absolute Gasteiger partial charge is 0.498 e. The SMILES string of the molecule is C[S@](=O)c1ncc(B2OC(C)(C)C(C)(C)O2)cn1. The Kier molecular flexibility index (Phi) is 3.33. The highest BCUT2D eigenvalue weighted by atomic mass is 32.2. The van der Waals surface area contributed by atoms with E-state index >= 15 is 0 Å². The second-order valence-electron chi connectivity index (χ2n) is 5.34. The molecule has 1 fully saturated rings. The predicted octanol–water partition coefficient (Wildman–Crippen LogP) is 0.513. The highest BCUT2D eigenvalue weighted by Gasteiger charge is 2.51. The number of aromatic nitrogens is 2. The van der Waals surface area contributed by atoms with Gasteiger partial charge in [0.1, 0.15) is 0 Å². The maximum absolute atomic E-state index is 11.2. The van der Waals surface area contributed by atoms with Gasteiger partial charge in [0.25, 0.3) is 0 Å². The van der Waals surface area contributed by atoms with Crippen molar-refractivity contribution in [1.82, 2.24) is 9.97 Å². The maximum Gasteiger partial charge on any atom is 0.498 e. The van der Waals surface area contributed by atoms with Crippen LogP contribution in [0.25, 0.3) is 0 Å². The second-order valence-corrected chi connectivity index (χ2v) is 6.61. The van der Waals surface area contributed by atoms with Crippen molar-refractivity contribution >= 4 is 23.4 Å². The molecule has 0 N–H and O–H groups in total. The first-order valence-electron chi connectivity index (χ1n) is 5.74. The molecule has 0 bridgehead atoms. The standard InChI is InChI=1S/C11H17BN2O3S/c1-10(2)11(3,4)17-12(16-10)8-6-13-9(14-7-8)18(5)15/h6-7H,1-5H3/t18-/m0/s1. The molecule has 0 amide bonds. The minimum absolute atomic E-state index is 0.315. The summed E-state index contributed by atoms with van der Waals surface area (Å²) in [6.07, 6.45) is 4.75.